The summed E-state index contributed by atoms with van der Waals surface area (Å²) in [6.45, 7) is 2.07. The molecule has 2 saturated heterocycles. The first-order chi connectivity index (χ1) is 9.06. The number of rotatable bonds is 4. The molecule has 2 aliphatic heterocycles. The Morgan fingerprint density at radius 2 is 1.95 bits per heavy atom. The molecule has 7 heteroatoms. The second-order valence-electron chi connectivity index (χ2n) is 5.06. The predicted octanol–water partition coefficient (Wildman–Crippen LogP) is -0.0863. The van der Waals surface area contributed by atoms with Crippen molar-refractivity contribution in [3.8, 4) is 0 Å². The van der Waals surface area contributed by atoms with Gasteiger partial charge in [-0.15, -0.1) is 0 Å². The minimum atomic E-state index is -1.05. The molecule has 7 nitrogen and oxygen atoms in total. The van der Waals surface area contributed by atoms with E-state index in [0.717, 1.165) is 32.4 Å². The quantitative estimate of drug-likeness (QED) is 0.662. The van der Waals surface area contributed by atoms with Gasteiger partial charge in [-0.25, -0.2) is 4.79 Å². The number of amides is 3. The second-order valence-corrected chi connectivity index (χ2v) is 5.06. The number of carbonyl (C=O) groups is 3. The molecule has 0 radical (unpaired) electrons. The number of carboxylic acid groups (broad SMARTS) is 1. The number of hydrogen-bond donors (Lipinski definition) is 3. The summed E-state index contributed by atoms with van der Waals surface area (Å²) < 4.78 is 0. The van der Waals surface area contributed by atoms with Gasteiger partial charge >= 0.3 is 12.0 Å². The maximum absolute atomic E-state index is 11.6. The van der Waals surface area contributed by atoms with Gasteiger partial charge in [0.15, 0.2) is 0 Å². The van der Waals surface area contributed by atoms with Gasteiger partial charge in [-0.05, 0) is 25.8 Å². The maximum atomic E-state index is 11.6. The summed E-state index contributed by atoms with van der Waals surface area (Å²) in [7, 11) is 0. The standard InChI is InChI=1S/C12H19N3O4/c16-10(3-4-11(17)18)14-12(19)13-8-5-7-15-6-1-2-9(8)15/h8-9H,1-7H2,(H,17,18)(H2,13,14,16,19). The van der Waals surface area contributed by atoms with Crippen molar-refractivity contribution in [1.29, 1.82) is 0 Å². The van der Waals surface area contributed by atoms with Crippen LogP contribution in [0.25, 0.3) is 0 Å². The number of aliphatic carboxylic acids is 1. The lowest BCUT2D eigenvalue weighted by Crippen LogP contribution is -2.48. The van der Waals surface area contributed by atoms with Crippen LogP contribution in [-0.2, 0) is 9.59 Å². The van der Waals surface area contributed by atoms with Crippen molar-refractivity contribution in [2.75, 3.05) is 13.1 Å². The Morgan fingerprint density at radius 1 is 1.16 bits per heavy atom. The van der Waals surface area contributed by atoms with E-state index < -0.39 is 17.9 Å². The molecule has 2 fully saturated rings. The largest absolute Gasteiger partial charge is 0.481 e. The maximum Gasteiger partial charge on any atom is 0.321 e. The zero-order valence-corrected chi connectivity index (χ0v) is 10.7. The minimum Gasteiger partial charge on any atom is -0.481 e. The molecule has 106 valence electrons. The summed E-state index contributed by atoms with van der Waals surface area (Å²) >= 11 is 0. The highest BCUT2D eigenvalue weighted by molar-refractivity contribution is 5.95. The average molecular weight is 269 g/mol. The fraction of sp³-hybridized carbons (Fsp3) is 0.750. The molecule has 0 bridgehead atoms. The van der Waals surface area contributed by atoms with Gasteiger partial charge in [0.25, 0.3) is 0 Å². The molecule has 0 aromatic rings. The van der Waals surface area contributed by atoms with Crippen LogP contribution in [0.1, 0.15) is 32.1 Å². The van der Waals surface area contributed by atoms with Crippen LogP contribution < -0.4 is 10.6 Å². The number of nitrogens with zero attached hydrogens (tertiary/aromatic N) is 1. The summed E-state index contributed by atoms with van der Waals surface area (Å²) in [6, 6.07) is -0.0382. The third kappa shape index (κ3) is 3.66. The number of imide groups is 1. The number of fused-ring (bicyclic) bond motifs is 1. The van der Waals surface area contributed by atoms with Crippen LogP contribution in [0.3, 0.4) is 0 Å². The first-order valence-electron chi connectivity index (χ1n) is 6.62. The lowest BCUT2D eigenvalue weighted by molar-refractivity contribution is -0.138. The normalized spacial score (nSPS) is 25.9. The van der Waals surface area contributed by atoms with Gasteiger partial charge in [0.1, 0.15) is 0 Å². The molecule has 0 aromatic carbocycles. The zero-order chi connectivity index (χ0) is 13.8. The fourth-order valence-corrected chi connectivity index (χ4v) is 2.86. The second kappa shape index (κ2) is 6.01. The smallest absolute Gasteiger partial charge is 0.321 e. The molecule has 2 unspecified atom stereocenters. The summed E-state index contributed by atoms with van der Waals surface area (Å²) in [5.74, 6) is -1.60. The van der Waals surface area contributed by atoms with Gasteiger partial charge in [0.05, 0.1) is 6.42 Å². The number of carboxylic acids is 1. The van der Waals surface area contributed by atoms with Gasteiger partial charge in [-0.2, -0.15) is 0 Å². The third-order valence-electron chi connectivity index (χ3n) is 3.74. The van der Waals surface area contributed by atoms with Gasteiger partial charge in [-0.3, -0.25) is 19.8 Å². The Labute approximate surface area is 111 Å². The lowest BCUT2D eigenvalue weighted by Gasteiger charge is -2.21. The molecule has 3 N–H and O–H groups in total. The number of nitrogens with one attached hydrogen (secondary N) is 2. The van der Waals surface area contributed by atoms with Crippen molar-refractivity contribution in [3.05, 3.63) is 0 Å². The summed E-state index contributed by atoms with van der Waals surface area (Å²) in [5.41, 5.74) is 0. The summed E-state index contributed by atoms with van der Waals surface area (Å²) in [5, 5.41) is 13.4. The molecular formula is C12H19N3O4. The molecule has 3 amide bonds. The van der Waals surface area contributed by atoms with Gasteiger partial charge < -0.3 is 10.4 Å². The van der Waals surface area contributed by atoms with E-state index in [1.54, 1.807) is 0 Å². The topological polar surface area (TPSA) is 98.7 Å². The van der Waals surface area contributed by atoms with Gasteiger partial charge in [0, 0.05) is 25.0 Å². The predicted molar refractivity (Wildman–Crippen MR) is 66.5 cm³/mol. The van der Waals surface area contributed by atoms with Gasteiger partial charge in [-0.1, -0.05) is 0 Å². The molecule has 0 aromatic heterocycles. The number of carbonyl (C=O) groups excluding carboxylic acids is 2. The molecule has 2 rings (SSSR count). The SMILES string of the molecule is O=C(O)CCC(=O)NC(=O)NC1CCN2CCCC12. The van der Waals surface area contributed by atoms with Crippen LogP contribution in [0, 0.1) is 0 Å². The van der Waals surface area contributed by atoms with Crippen molar-refractivity contribution in [1.82, 2.24) is 15.5 Å². The Hall–Kier alpha value is -1.63. The van der Waals surface area contributed by atoms with E-state index in [4.69, 9.17) is 5.11 Å². The van der Waals surface area contributed by atoms with Crippen LogP contribution in [-0.4, -0.2) is 53.1 Å². The molecule has 2 atom stereocenters. The Kier molecular flexibility index (Phi) is 4.36. The third-order valence-corrected chi connectivity index (χ3v) is 3.74. The highest BCUT2D eigenvalue weighted by atomic mass is 16.4. The van der Waals surface area contributed by atoms with Crippen LogP contribution in [0.15, 0.2) is 0 Å². The van der Waals surface area contributed by atoms with Crippen molar-refractivity contribution in [3.63, 3.8) is 0 Å². The molecule has 2 heterocycles. The van der Waals surface area contributed by atoms with Crippen LogP contribution >= 0.6 is 0 Å². The number of hydrogen-bond acceptors (Lipinski definition) is 4. The monoisotopic (exact) mass is 269 g/mol. The highest BCUT2D eigenvalue weighted by Crippen LogP contribution is 2.27. The average Bonchev–Trinajstić information content (AvgIpc) is 2.91. The highest BCUT2D eigenvalue weighted by Gasteiger charge is 2.37. The summed E-state index contributed by atoms with van der Waals surface area (Å²) in [6.07, 6.45) is 2.70. The minimum absolute atomic E-state index is 0.0924. The van der Waals surface area contributed by atoms with Crippen molar-refractivity contribution >= 4 is 17.9 Å². The van der Waals surface area contributed by atoms with Crippen molar-refractivity contribution in [2.45, 2.75) is 44.2 Å². The Bertz CT molecular complexity index is 385. The molecule has 2 aliphatic rings. The summed E-state index contributed by atoms with van der Waals surface area (Å²) in [4.78, 5) is 35.6. The first kappa shape index (κ1) is 13.8. The fourth-order valence-electron chi connectivity index (χ4n) is 2.86. The molecule has 0 spiro atoms. The zero-order valence-electron chi connectivity index (χ0n) is 10.7. The van der Waals surface area contributed by atoms with E-state index in [-0.39, 0.29) is 18.9 Å². The van der Waals surface area contributed by atoms with E-state index in [9.17, 15) is 14.4 Å². The van der Waals surface area contributed by atoms with Crippen LogP contribution in [0.4, 0.5) is 4.79 Å². The van der Waals surface area contributed by atoms with Gasteiger partial charge in [0.2, 0.25) is 5.91 Å². The number of urea groups is 1. The van der Waals surface area contributed by atoms with E-state index in [1.807, 2.05) is 0 Å². The van der Waals surface area contributed by atoms with E-state index in [2.05, 4.69) is 15.5 Å². The van der Waals surface area contributed by atoms with E-state index in [0.29, 0.717) is 6.04 Å². The van der Waals surface area contributed by atoms with E-state index in [1.165, 1.54) is 0 Å². The Morgan fingerprint density at radius 3 is 2.68 bits per heavy atom. The molecular weight excluding hydrogens is 250 g/mol. The molecule has 0 aliphatic carbocycles. The lowest BCUT2D eigenvalue weighted by atomic mass is 10.1. The van der Waals surface area contributed by atoms with E-state index >= 15 is 0 Å². The first-order valence-corrected chi connectivity index (χ1v) is 6.62. The van der Waals surface area contributed by atoms with Crippen LogP contribution in [0.5, 0.6) is 0 Å². The van der Waals surface area contributed by atoms with Crippen LogP contribution in [0.2, 0.25) is 0 Å². The molecule has 0 saturated carbocycles. The molecule has 19 heavy (non-hydrogen) atoms. The van der Waals surface area contributed by atoms with Crippen molar-refractivity contribution in [2.24, 2.45) is 0 Å². The Balaban J connectivity index is 1.72. The van der Waals surface area contributed by atoms with Crippen molar-refractivity contribution < 1.29 is 19.5 Å².